The second kappa shape index (κ2) is 9.23. The van der Waals surface area contributed by atoms with Crippen LogP contribution in [0.4, 0.5) is 10.1 Å². The summed E-state index contributed by atoms with van der Waals surface area (Å²) in [6.45, 7) is 10.0. The highest BCUT2D eigenvalue weighted by molar-refractivity contribution is 5.79. The molecule has 2 heterocycles. The van der Waals surface area contributed by atoms with Gasteiger partial charge in [0.1, 0.15) is 5.82 Å². The van der Waals surface area contributed by atoms with Crippen LogP contribution in [0.1, 0.15) is 43.4 Å². The smallest absolute Gasteiger partial charge is 0.223 e. The number of ether oxygens (including phenoxy) is 1. The number of rotatable bonds is 6. The highest BCUT2D eigenvalue weighted by Gasteiger charge is 2.40. The highest BCUT2D eigenvalue weighted by Crippen LogP contribution is 2.41. The molecule has 2 saturated heterocycles. The topological polar surface area (TPSA) is 32.8 Å². The Kier molecular flexibility index (Phi) is 6.42. The number of hydrogen-bond acceptors (Lipinski definition) is 3. The zero-order valence-electron chi connectivity index (χ0n) is 18.2. The van der Waals surface area contributed by atoms with Crippen LogP contribution in [-0.4, -0.2) is 43.7 Å². The molecule has 0 aliphatic carbocycles. The van der Waals surface area contributed by atoms with Gasteiger partial charge < -0.3 is 14.5 Å². The molecular weight excluding hydrogens is 391 g/mol. The molecule has 31 heavy (non-hydrogen) atoms. The van der Waals surface area contributed by atoms with Gasteiger partial charge in [-0.05, 0) is 55.2 Å². The third kappa shape index (κ3) is 4.52. The first kappa shape index (κ1) is 21.6. The normalized spacial score (nSPS) is 23.0. The fourth-order valence-electron chi connectivity index (χ4n) is 4.93. The van der Waals surface area contributed by atoms with Crippen molar-refractivity contribution in [3.63, 3.8) is 0 Å². The molecule has 2 aromatic carbocycles. The van der Waals surface area contributed by atoms with Crippen LogP contribution in [0.25, 0.3) is 0 Å². The number of piperidine rings is 1. The Balaban J connectivity index is 1.48. The van der Waals surface area contributed by atoms with E-state index in [4.69, 9.17) is 4.74 Å². The Hall–Kier alpha value is -2.66. The minimum absolute atomic E-state index is 0.0150. The molecule has 5 heteroatoms. The maximum atomic E-state index is 13.4. The van der Waals surface area contributed by atoms with E-state index in [2.05, 4.69) is 42.7 Å². The van der Waals surface area contributed by atoms with E-state index >= 15 is 0 Å². The molecule has 0 aromatic heterocycles. The SMILES string of the molecule is C=CCC1(c2ccc(F)cc2)CCN([C@@H](C)c2ccc(N3CCOCC3)cc2)C(=O)C1. The van der Waals surface area contributed by atoms with Crippen LogP contribution in [0, 0.1) is 5.82 Å². The first-order valence-corrected chi connectivity index (χ1v) is 11.1. The molecule has 164 valence electrons. The minimum atomic E-state index is -0.303. The summed E-state index contributed by atoms with van der Waals surface area (Å²) in [6, 6.07) is 15.2. The number of nitrogens with zero attached hydrogens (tertiary/aromatic N) is 2. The Morgan fingerprint density at radius 3 is 2.39 bits per heavy atom. The molecule has 2 aromatic rings. The van der Waals surface area contributed by atoms with Gasteiger partial charge >= 0.3 is 0 Å². The molecule has 0 N–H and O–H groups in total. The zero-order chi connectivity index (χ0) is 21.8. The van der Waals surface area contributed by atoms with Crippen LogP contribution in [0.3, 0.4) is 0 Å². The molecule has 2 atom stereocenters. The number of carbonyl (C=O) groups excluding carboxylic acids is 1. The average molecular weight is 423 g/mol. The summed E-state index contributed by atoms with van der Waals surface area (Å²) in [5.41, 5.74) is 3.06. The fraction of sp³-hybridized carbons (Fsp3) is 0.423. The molecule has 0 radical (unpaired) electrons. The lowest BCUT2D eigenvalue weighted by Gasteiger charge is -2.43. The maximum absolute atomic E-state index is 13.4. The lowest BCUT2D eigenvalue weighted by atomic mass is 9.70. The quantitative estimate of drug-likeness (QED) is 0.624. The molecule has 2 aliphatic rings. The van der Waals surface area contributed by atoms with Crippen LogP contribution in [0.2, 0.25) is 0 Å². The molecule has 1 amide bonds. The minimum Gasteiger partial charge on any atom is -0.378 e. The van der Waals surface area contributed by atoms with Crippen LogP contribution in [0.15, 0.2) is 61.2 Å². The van der Waals surface area contributed by atoms with Crippen molar-refractivity contribution >= 4 is 11.6 Å². The molecule has 0 spiro atoms. The molecule has 2 fully saturated rings. The lowest BCUT2D eigenvalue weighted by molar-refractivity contribution is -0.138. The number of halogens is 1. The molecular formula is C26H31FN2O2. The number of benzene rings is 2. The third-order valence-electron chi connectivity index (χ3n) is 6.85. The first-order valence-electron chi connectivity index (χ1n) is 11.1. The summed E-state index contributed by atoms with van der Waals surface area (Å²) < 4.78 is 18.9. The number of anilines is 1. The summed E-state index contributed by atoms with van der Waals surface area (Å²) in [5, 5.41) is 0. The number of morpholine rings is 1. The van der Waals surface area contributed by atoms with Crippen molar-refractivity contribution < 1.29 is 13.9 Å². The summed E-state index contributed by atoms with van der Waals surface area (Å²) in [7, 11) is 0. The van der Waals surface area contributed by atoms with E-state index in [1.165, 1.54) is 17.8 Å². The monoisotopic (exact) mass is 422 g/mol. The number of amides is 1. The van der Waals surface area contributed by atoms with Gasteiger partial charge in [0.15, 0.2) is 0 Å². The second-order valence-electron chi connectivity index (χ2n) is 8.66. The first-order chi connectivity index (χ1) is 15.0. The molecule has 1 unspecified atom stereocenters. The van der Waals surface area contributed by atoms with Crippen molar-refractivity contribution in [3.8, 4) is 0 Å². The fourth-order valence-corrected chi connectivity index (χ4v) is 4.93. The van der Waals surface area contributed by atoms with Gasteiger partial charge in [-0.1, -0.05) is 30.3 Å². The third-order valence-corrected chi connectivity index (χ3v) is 6.85. The Morgan fingerprint density at radius 2 is 1.77 bits per heavy atom. The molecule has 2 aliphatic heterocycles. The predicted molar refractivity (Wildman–Crippen MR) is 122 cm³/mol. The lowest BCUT2D eigenvalue weighted by Crippen LogP contribution is -2.47. The van der Waals surface area contributed by atoms with E-state index in [9.17, 15) is 9.18 Å². The van der Waals surface area contributed by atoms with Gasteiger partial charge in [-0.3, -0.25) is 4.79 Å². The summed E-state index contributed by atoms with van der Waals surface area (Å²) in [4.78, 5) is 17.6. The Morgan fingerprint density at radius 1 is 1.10 bits per heavy atom. The van der Waals surface area contributed by atoms with Gasteiger partial charge in [-0.15, -0.1) is 6.58 Å². The number of carbonyl (C=O) groups is 1. The maximum Gasteiger partial charge on any atom is 0.223 e. The Bertz CT molecular complexity index is 906. The van der Waals surface area contributed by atoms with Gasteiger partial charge in [-0.2, -0.15) is 0 Å². The van der Waals surface area contributed by atoms with Gasteiger partial charge in [-0.25, -0.2) is 4.39 Å². The van der Waals surface area contributed by atoms with Crippen molar-refractivity contribution in [2.75, 3.05) is 37.7 Å². The summed E-state index contributed by atoms with van der Waals surface area (Å²) >= 11 is 0. The van der Waals surface area contributed by atoms with E-state index in [0.717, 1.165) is 43.9 Å². The van der Waals surface area contributed by atoms with Gasteiger partial charge in [0.05, 0.1) is 19.3 Å². The predicted octanol–water partition coefficient (Wildman–Crippen LogP) is 4.86. The number of likely N-dealkylation sites (tertiary alicyclic amines) is 1. The summed E-state index contributed by atoms with van der Waals surface area (Å²) in [6.07, 6.45) is 3.84. The summed E-state index contributed by atoms with van der Waals surface area (Å²) in [5.74, 6) is -0.113. The van der Waals surface area contributed by atoms with Crippen LogP contribution in [-0.2, 0) is 14.9 Å². The van der Waals surface area contributed by atoms with Crippen molar-refractivity contribution in [2.24, 2.45) is 0 Å². The van der Waals surface area contributed by atoms with E-state index in [-0.39, 0.29) is 23.2 Å². The van der Waals surface area contributed by atoms with E-state index in [0.29, 0.717) is 19.4 Å². The molecule has 0 saturated carbocycles. The van der Waals surface area contributed by atoms with Crippen molar-refractivity contribution in [3.05, 3.63) is 78.1 Å². The van der Waals surface area contributed by atoms with Crippen molar-refractivity contribution in [1.29, 1.82) is 0 Å². The van der Waals surface area contributed by atoms with Gasteiger partial charge in [0.25, 0.3) is 0 Å². The Labute approximate surface area is 184 Å². The van der Waals surface area contributed by atoms with Crippen molar-refractivity contribution in [2.45, 2.75) is 37.6 Å². The van der Waals surface area contributed by atoms with E-state index in [1.807, 2.05) is 23.1 Å². The highest BCUT2D eigenvalue weighted by atomic mass is 19.1. The molecule has 4 nitrogen and oxygen atoms in total. The molecule has 4 rings (SSSR count). The van der Waals surface area contributed by atoms with Crippen LogP contribution < -0.4 is 4.90 Å². The van der Waals surface area contributed by atoms with Crippen molar-refractivity contribution in [1.82, 2.24) is 4.90 Å². The van der Waals surface area contributed by atoms with Crippen LogP contribution in [0.5, 0.6) is 0 Å². The second-order valence-corrected chi connectivity index (χ2v) is 8.66. The average Bonchev–Trinajstić information content (AvgIpc) is 2.80. The standard InChI is InChI=1S/C26H31FN2O2/c1-3-12-26(22-6-8-23(27)9-7-22)13-14-29(25(30)19-26)20(2)21-4-10-24(11-5-21)28-15-17-31-18-16-28/h3-11,20H,1,12-19H2,2H3/t20-,26?/m0/s1. The largest absolute Gasteiger partial charge is 0.378 e. The van der Waals surface area contributed by atoms with Crippen LogP contribution >= 0.6 is 0 Å². The number of allylic oxidation sites excluding steroid dienone is 1. The zero-order valence-corrected chi connectivity index (χ0v) is 18.2. The van der Waals surface area contributed by atoms with Gasteiger partial charge in [0, 0.05) is 37.2 Å². The van der Waals surface area contributed by atoms with E-state index in [1.54, 1.807) is 0 Å². The van der Waals surface area contributed by atoms with Gasteiger partial charge in [0.2, 0.25) is 5.91 Å². The number of hydrogen-bond donors (Lipinski definition) is 0. The molecule has 0 bridgehead atoms. The van der Waals surface area contributed by atoms with E-state index < -0.39 is 0 Å².